The molecule has 0 radical (unpaired) electrons. The van der Waals surface area contributed by atoms with Gasteiger partial charge in [-0.1, -0.05) is 18.2 Å². The average Bonchev–Trinajstić information content (AvgIpc) is 2.84. The van der Waals surface area contributed by atoms with E-state index in [-0.39, 0.29) is 16.9 Å². The molecule has 0 aromatic heterocycles. The second-order valence-corrected chi connectivity index (χ2v) is 7.68. The zero-order valence-electron chi connectivity index (χ0n) is 18.1. The van der Waals surface area contributed by atoms with Gasteiger partial charge in [-0.2, -0.15) is 13.2 Å². The highest BCUT2D eigenvalue weighted by Gasteiger charge is 2.30. The number of alkyl halides is 3. The van der Waals surface area contributed by atoms with Crippen LogP contribution >= 0.6 is 0 Å². The summed E-state index contributed by atoms with van der Waals surface area (Å²) in [5.41, 5.74) is 0.894. The summed E-state index contributed by atoms with van der Waals surface area (Å²) in [6.45, 7) is 2.86. The molecule has 1 aliphatic heterocycles. The number of anilines is 3. The highest BCUT2D eigenvalue weighted by molar-refractivity contribution is 6.12. The molecule has 3 aromatic rings. The highest BCUT2D eigenvalue weighted by Crippen LogP contribution is 2.31. The zero-order valence-corrected chi connectivity index (χ0v) is 18.1. The van der Waals surface area contributed by atoms with Crippen molar-refractivity contribution in [1.29, 1.82) is 0 Å². The van der Waals surface area contributed by atoms with Crippen molar-refractivity contribution in [3.05, 3.63) is 89.5 Å². The van der Waals surface area contributed by atoms with E-state index in [2.05, 4.69) is 15.5 Å². The molecule has 2 N–H and O–H groups in total. The van der Waals surface area contributed by atoms with Crippen molar-refractivity contribution < 1.29 is 27.5 Å². The minimum absolute atomic E-state index is 0.000318. The largest absolute Gasteiger partial charge is 0.416 e. The smallest absolute Gasteiger partial charge is 0.378 e. The Balaban J connectivity index is 1.47. The fourth-order valence-electron chi connectivity index (χ4n) is 3.60. The first-order valence-corrected chi connectivity index (χ1v) is 10.6. The number of hydrogen-bond acceptors (Lipinski definition) is 4. The molecule has 0 atom stereocenters. The van der Waals surface area contributed by atoms with Crippen molar-refractivity contribution in [2.24, 2.45) is 0 Å². The number of nitrogens with zero attached hydrogens (tertiary/aromatic N) is 1. The summed E-state index contributed by atoms with van der Waals surface area (Å²) in [5.74, 6) is -1.05. The summed E-state index contributed by atoms with van der Waals surface area (Å²) in [7, 11) is 0. The Labute approximate surface area is 194 Å². The molecule has 0 unspecified atom stereocenters. The maximum Gasteiger partial charge on any atom is 0.416 e. The fraction of sp³-hybridized carbons (Fsp3) is 0.200. The lowest BCUT2D eigenvalue weighted by Crippen LogP contribution is -2.36. The zero-order chi connectivity index (χ0) is 24.1. The Morgan fingerprint density at radius 2 is 1.53 bits per heavy atom. The summed E-state index contributed by atoms with van der Waals surface area (Å²) >= 11 is 0. The van der Waals surface area contributed by atoms with E-state index in [9.17, 15) is 22.8 Å². The van der Waals surface area contributed by atoms with Gasteiger partial charge in [0.15, 0.2) is 0 Å². The van der Waals surface area contributed by atoms with E-state index in [4.69, 9.17) is 4.74 Å². The Hall–Kier alpha value is -3.85. The number of halogens is 3. The van der Waals surface area contributed by atoms with E-state index in [1.54, 1.807) is 30.3 Å². The Kier molecular flexibility index (Phi) is 6.83. The van der Waals surface area contributed by atoms with Crippen molar-refractivity contribution in [3.63, 3.8) is 0 Å². The third-order valence-corrected chi connectivity index (χ3v) is 5.37. The summed E-state index contributed by atoms with van der Waals surface area (Å²) < 4.78 is 44.2. The number of amides is 2. The van der Waals surface area contributed by atoms with Crippen LogP contribution in [0.25, 0.3) is 0 Å². The molecule has 176 valence electrons. The number of nitrogens with one attached hydrogen (secondary N) is 2. The second kappa shape index (κ2) is 9.96. The first-order valence-electron chi connectivity index (χ1n) is 10.6. The molecule has 0 spiro atoms. The number of ether oxygens (including phenoxy) is 1. The van der Waals surface area contributed by atoms with Gasteiger partial charge < -0.3 is 20.3 Å². The SMILES string of the molecule is O=C(Nc1ccccc1C(=O)Nc1cccc(C(F)(F)F)c1)c1ccc(N2CCOCC2)cc1. The molecule has 1 fully saturated rings. The van der Waals surface area contributed by atoms with Gasteiger partial charge in [-0.3, -0.25) is 9.59 Å². The predicted octanol–water partition coefficient (Wildman–Crippen LogP) is 5.05. The van der Waals surface area contributed by atoms with Crippen molar-refractivity contribution in [1.82, 2.24) is 0 Å². The molecule has 1 saturated heterocycles. The molecule has 4 rings (SSSR count). The second-order valence-electron chi connectivity index (χ2n) is 7.68. The van der Waals surface area contributed by atoms with E-state index >= 15 is 0 Å². The quantitative estimate of drug-likeness (QED) is 0.549. The van der Waals surface area contributed by atoms with Crippen LogP contribution in [0.15, 0.2) is 72.8 Å². The van der Waals surface area contributed by atoms with E-state index in [1.807, 2.05) is 12.1 Å². The summed E-state index contributed by atoms with van der Waals surface area (Å²) in [6, 6.07) is 17.8. The Morgan fingerprint density at radius 1 is 0.824 bits per heavy atom. The summed E-state index contributed by atoms with van der Waals surface area (Å²) in [4.78, 5) is 27.7. The third-order valence-electron chi connectivity index (χ3n) is 5.37. The van der Waals surface area contributed by atoms with Crippen LogP contribution in [0.5, 0.6) is 0 Å². The van der Waals surface area contributed by atoms with E-state index in [0.29, 0.717) is 18.8 Å². The molecule has 6 nitrogen and oxygen atoms in total. The van der Waals surface area contributed by atoms with Crippen LogP contribution in [0.4, 0.5) is 30.2 Å². The van der Waals surface area contributed by atoms with Crippen LogP contribution in [0.2, 0.25) is 0 Å². The number of morpholine rings is 1. The number of hydrogen-bond donors (Lipinski definition) is 2. The first-order chi connectivity index (χ1) is 16.3. The lowest BCUT2D eigenvalue weighted by molar-refractivity contribution is -0.137. The van der Waals surface area contributed by atoms with Gasteiger partial charge >= 0.3 is 6.18 Å². The number of carbonyl (C=O) groups is 2. The molecular weight excluding hydrogens is 447 g/mol. The lowest BCUT2D eigenvalue weighted by Gasteiger charge is -2.28. The third kappa shape index (κ3) is 5.55. The molecule has 0 aliphatic carbocycles. The van der Waals surface area contributed by atoms with E-state index < -0.39 is 23.6 Å². The highest BCUT2D eigenvalue weighted by atomic mass is 19.4. The van der Waals surface area contributed by atoms with E-state index in [1.165, 1.54) is 18.2 Å². The number of rotatable bonds is 5. The van der Waals surface area contributed by atoms with Crippen LogP contribution < -0.4 is 15.5 Å². The summed E-state index contributed by atoms with van der Waals surface area (Å²) in [5, 5.41) is 5.18. The molecule has 2 amide bonds. The molecule has 0 saturated carbocycles. The van der Waals surface area contributed by atoms with Gasteiger partial charge in [0.2, 0.25) is 0 Å². The molecule has 0 bridgehead atoms. The number of benzene rings is 3. The van der Waals surface area contributed by atoms with Crippen molar-refractivity contribution >= 4 is 28.9 Å². The van der Waals surface area contributed by atoms with Crippen molar-refractivity contribution in [3.8, 4) is 0 Å². The van der Waals surface area contributed by atoms with Gasteiger partial charge in [0.05, 0.1) is 30.0 Å². The fourth-order valence-corrected chi connectivity index (χ4v) is 3.60. The first kappa shape index (κ1) is 23.3. The molecule has 1 heterocycles. The van der Waals surface area contributed by atoms with Crippen LogP contribution in [0, 0.1) is 0 Å². The van der Waals surface area contributed by atoms with Gasteiger partial charge in [-0.15, -0.1) is 0 Å². The maximum absolute atomic E-state index is 13.0. The van der Waals surface area contributed by atoms with Crippen LogP contribution in [0.3, 0.4) is 0 Å². The topological polar surface area (TPSA) is 70.7 Å². The lowest BCUT2D eigenvalue weighted by atomic mass is 10.1. The van der Waals surface area contributed by atoms with Gasteiger partial charge in [-0.25, -0.2) is 0 Å². The minimum atomic E-state index is -4.52. The van der Waals surface area contributed by atoms with E-state index in [0.717, 1.165) is 30.9 Å². The minimum Gasteiger partial charge on any atom is -0.378 e. The number of para-hydroxylation sites is 1. The van der Waals surface area contributed by atoms with Crippen molar-refractivity contribution in [2.75, 3.05) is 41.8 Å². The molecule has 3 aromatic carbocycles. The molecular formula is C25H22F3N3O3. The van der Waals surface area contributed by atoms with Gasteiger partial charge in [0.25, 0.3) is 11.8 Å². The Bertz CT molecular complexity index is 1170. The Morgan fingerprint density at radius 3 is 2.24 bits per heavy atom. The number of carbonyl (C=O) groups excluding carboxylic acids is 2. The standard InChI is InChI=1S/C25H22F3N3O3/c26-25(27,28)18-4-3-5-19(16-18)29-24(33)21-6-1-2-7-22(21)30-23(32)17-8-10-20(11-9-17)31-12-14-34-15-13-31/h1-11,16H,12-15H2,(H,29,33)(H,30,32). The van der Waals surface area contributed by atoms with Gasteiger partial charge in [0, 0.05) is 30.0 Å². The van der Waals surface area contributed by atoms with Crippen LogP contribution in [0.1, 0.15) is 26.3 Å². The monoisotopic (exact) mass is 469 g/mol. The van der Waals surface area contributed by atoms with Gasteiger partial charge in [0.1, 0.15) is 0 Å². The summed E-state index contributed by atoms with van der Waals surface area (Å²) in [6.07, 6.45) is -4.52. The predicted molar refractivity (Wildman–Crippen MR) is 123 cm³/mol. The van der Waals surface area contributed by atoms with Crippen LogP contribution in [-0.2, 0) is 10.9 Å². The molecule has 34 heavy (non-hydrogen) atoms. The molecule has 1 aliphatic rings. The normalized spacial score (nSPS) is 13.9. The van der Waals surface area contributed by atoms with Crippen molar-refractivity contribution in [2.45, 2.75) is 6.18 Å². The molecule has 9 heteroatoms. The van der Waals surface area contributed by atoms with Crippen LogP contribution in [-0.4, -0.2) is 38.1 Å². The maximum atomic E-state index is 13.0. The average molecular weight is 469 g/mol. The van der Waals surface area contributed by atoms with Gasteiger partial charge in [-0.05, 0) is 54.6 Å².